The number of aromatic nitrogens is 2. The van der Waals surface area contributed by atoms with Gasteiger partial charge < -0.3 is 0 Å². The zero-order chi connectivity index (χ0) is 15.0. The Hall–Kier alpha value is -0.270. The smallest absolute Gasteiger partial charge is 0.161 e. The molecule has 0 amide bonds. The fraction of sp³-hybridized carbons (Fsp3) is 0.333. The standard InChI is InChI=1S/C15H12BrClFIN2/c16-10-6-5-9(7-11(10)18)15-20-13(8-3-1-2-4-8)12(19)14(17)21-15/h5-8H,1-4H2. The molecule has 1 aliphatic rings. The van der Waals surface area contributed by atoms with E-state index in [0.717, 1.165) is 22.1 Å². The van der Waals surface area contributed by atoms with Crippen LogP contribution in [-0.2, 0) is 0 Å². The van der Waals surface area contributed by atoms with Crippen molar-refractivity contribution in [2.24, 2.45) is 0 Å². The van der Waals surface area contributed by atoms with Crippen molar-refractivity contribution < 1.29 is 4.39 Å². The number of benzene rings is 1. The van der Waals surface area contributed by atoms with Gasteiger partial charge >= 0.3 is 0 Å². The molecule has 1 saturated carbocycles. The predicted octanol–water partition coefficient (Wildman–Crippen LogP) is 5.96. The van der Waals surface area contributed by atoms with Crippen molar-refractivity contribution in [3.05, 3.63) is 42.9 Å². The molecule has 1 heterocycles. The molecule has 2 nitrogen and oxygen atoms in total. The number of rotatable bonds is 2. The molecule has 6 heteroatoms. The molecule has 0 unspecified atom stereocenters. The zero-order valence-electron chi connectivity index (χ0n) is 11.0. The molecule has 0 aliphatic heterocycles. The van der Waals surface area contributed by atoms with Crippen LogP contribution in [0.4, 0.5) is 4.39 Å². The van der Waals surface area contributed by atoms with Gasteiger partial charge in [-0.05, 0) is 69.6 Å². The Kier molecular flexibility index (Phi) is 4.81. The van der Waals surface area contributed by atoms with Gasteiger partial charge in [-0.15, -0.1) is 0 Å². The van der Waals surface area contributed by atoms with Crippen LogP contribution in [0.5, 0.6) is 0 Å². The van der Waals surface area contributed by atoms with Crippen molar-refractivity contribution >= 4 is 50.1 Å². The van der Waals surface area contributed by atoms with Gasteiger partial charge in [-0.2, -0.15) is 0 Å². The van der Waals surface area contributed by atoms with E-state index in [1.807, 2.05) is 0 Å². The van der Waals surface area contributed by atoms with Gasteiger partial charge in [0, 0.05) is 11.5 Å². The lowest BCUT2D eigenvalue weighted by Crippen LogP contribution is -2.04. The zero-order valence-corrected chi connectivity index (χ0v) is 15.5. The highest BCUT2D eigenvalue weighted by molar-refractivity contribution is 14.1. The van der Waals surface area contributed by atoms with Gasteiger partial charge in [-0.1, -0.05) is 24.4 Å². The van der Waals surface area contributed by atoms with Crippen molar-refractivity contribution in [1.29, 1.82) is 0 Å². The second kappa shape index (κ2) is 6.46. The second-order valence-corrected chi connectivity index (χ2v) is 7.44. The lowest BCUT2D eigenvalue weighted by Gasteiger charge is -2.13. The molecule has 21 heavy (non-hydrogen) atoms. The normalized spacial score (nSPS) is 15.6. The summed E-state index contributed by atoms with van der Waals surface area (Å²) in [4.78, 5) is 8.98. The van der Waals surface area contributed by atoms with Gasteiger partial charge in [0.2, 0.25) is 0 Å². The van der Waals surface area contributed by atoms with E-state index in [1.54, 1.807) is 12.1 Å². The summed E-state index contributed by atoms with van der Waals surface area (Å²) < 4.78 is 15.1. The molecule has 1 fully saturated rings. The molecule has 1 aromatic carbocycles. The van der Waals surface area contributed by atoms with Gasteiger partial charge in [0.1, 0.15) is 11.0 Å². The van der Waals surface area contributed by atoms with Crippen LogP contribution in [-0.4, -0.2) is 9.97 Å². The maximum absolute atomic E-state index is 13.7. The minimum absolute atomic E-state index is 0.326. The summed E-state index contributed by atoms with van der Waals surface area (Å²) in [6.45, 7) is 0. The van der Waals surface area contributed by atoms with Crippen LogP contribution in [0.1, 0.15) is 37.3 Å². The Bertz CT molecular complexity index is 690. The third kappa shape index (κ3) is 3.24. The average molecular weight is 482 g/mol. The van der Waals surface area contributed by atoms with Crippen LogP contribution >= 0.6 is 50.1 Å². The quantitative estimate of drug-likeness (QED) is 0.391. The number of nitrogens with zero attached hydrogens (tertiary/aromatic N) is 2. The van der Waals surface area contributed by atoms with E-state index in [4.69, 9.17) is 11.6 Å². The number of hydrogen-bond acceptors (Lipinski definition) is 2. The topological polar surface area (TPSA) is 25.8 Å². The summed E-state index contributed by atoms with van der Waals surface area (Å²) in [6.07, 6.45) is 4.73. The lowest BCUT2D eigenvalue weighted by molar-refractivity contribution is 0.621. The maximum atomic E-state index is 13.7. The minimum atomic E-state index is -0.326. The Balaban J connectivity index is 2.08. The van der Waals surface area contributed by atoms with Crippen LogP contribution in [0.15, 0.2) is 22.7 Å². The largest absolute Gasteiger partial charge is 0.232 e. The van der Waals surface area contributed by atoms with Crippen LogP contribution in [0.2, 0.25) is 5.15 Å². The van der Waals surface area contributed by atoms with E-state index in [-0.39, 0.29) is 5.82 Å². The van der Waals surface area contributed by atoms with E-state index in [2.05, 4.69) is 48.5 Å². The van der Waals surface area contributed by atoms with Crippen molar-refractivity contribution in [1.82, 2.24) is 9.97 Å². The predicted molar refractivity (Wildman–Crippen MR) is 94.1 cm³/mol. The molecule has 0 radical (unpaired) electrons. The van der Waals surface area contributed by atoms with Gasteiger partial charge in [-0.3, -0.25) is 0 Å². The molecule has 0 saturated heterocycles. The SMILES string of the molecule is Fc1cc(-c2nc(Cl)c(I)c(C3CCCC3)n2)ccc1Br. The van der Waals surface area contributed by atoms with E-state index in [1.165, 1.54) is 18.9 Å². The molecular formula is C15H12BrClFIN2. The average Bonchev–Trinajstić information content (AvgIpc) is 2.98. The molecule has 2 aromatic rings. The molecule has 110 valence electrons. The third-order valence-corrected chi connectivity index (χ3v) is 6.06. The summed E-state index contributed by atoms with van der Waals surface area (Å²) in [7, 11) is 0. The minimum Gasteiger partial charge on any atom is -0.232 e. The monoisotopic (exact) mass is 480 g/mol. The highest BCUT2D eigenvalue weighted by Gasteiger charge is 2.23. The van der Waals surface area contributed by atoms with Crippen molar-refractivity contribution in [2.45, 2.75) is 31.6 Å². The summed E-state index contributed by atoms with van der Waals surface area (Å²) in [6, 6.07) is 4.89. The fourth-order valence-corrected chi connectivity index (χ4v) is 3.78. The molecule has 0 atom stereocenters. The number of halogens is 4. The molecule has 1 aliphatic carbocycles. The second-order valence-electron chi connectivity index (χ2n) is 5.15. The van der Waals surface area contributed by atoms with Crippen LogP contribution in [0, 0.1) is 9.39 Å². The first-order valence-corrected chi connectivity index (χ1v) is 8.99. The first-order valence-electron chi connectivity index (χ1n) is 6.74. The van der Waals surface area contributed by atoms with E-state index in [9.17, 15) is 4.39 Å². The Morgan fingerprint density at radius 1 is 1.24 bits per heavy atom. The van der Waals surface area contributed by atoms with E-state index in [0.29, 0.717) is 26.9 Å². The summed E-state index contributed by atoms with van der Waals surface area (Å²) in [5, 5.41) is 0.450. The molecule has 0 N–H and O–H groups in total. The molecule has 1 aromatic heterocycles. The fourth-order valence-electron chi connectivity index (χ4n) is 2.67. The van der Waals surface area contributed by atoms with Gasteiger partial charge in [0.15, 0.2) is 5.82 Å². The highest BCUT2D eigenvalue weighted by Crippen LogP contribution is 2.37. The van der Waals surface area contributed by atoms with Gasteiger partial charge in [-0.25, -0.2) is 14.4 Å². The Morgan fingerprint density at radius 3 is 2.62 bits per heavy atom. The van der Waals surface area contributed by atoms with Crippen molar-refractivity contribution in [2.75, 3.05) is 0 Å². The molecule has 3 rings (SSSR count). The molecule has 0 spiro atoms. The summed E-state index contributed by atoms with van der Waals surface area (Å²) >= 11 is 11.6. The third-order valence-electron chi connectivity index (χ3n) is 3.76. The van der Waals surface area contributed by atoms with Crippen LogP contribution in [0.25, 0.3) is 11.4 Å². The van der Waals surface area contributed by atoms with E-state index >= 15 is 0 Å². The Morgan fingerprint density at radius 2 is 1.95 bits per heavy atom. The van der Waals surface area contributed by atoms with Crippen molar-refractivity contribution in [3.63, 3.8) is 0 Å². The van der Waals surface area contributed by atoms with Gasteiger partial charge in [0.05, 0.1) is 13.7 Å². The van der Waals surface area contributed by atoms with Crippen LogP contribution in [0.3, 0.4) is 0 Å². The van der Waals surface area contributed by atoms with E-state index < -0.39 is 0 Å². The summed E-state index contributed by atoms with van der Waals surface area (Å²) in [5.74, 6) is 0.610. The lowest BCUT2D eigenvalue weighted by atomic mass is 10.0. The molecule has 0 bridgehead atoms. The van der Waals surface area contributed by atoms with Gasteiger partial charge in [0.25, 0.3) is 0 Å². The highest BCUT2D eigenvalue weighted by atomic mass is 127. The maximum Gasteiger partial charge on any atom is 0.161 e. The van der Waals surface area contributed by atoms with Crippen LogP contribution < -0.4 is 0 Å². The first kappa shape index (κ1) is 15.6. The Labute approximate surface area is 149 Å². The summed E-state index contributed by atoms with van der Waals surface area (Å²) in [5.41, 5.74) is 1.65. The molecular weight excluding hydrogens is 469 g/mol. The first-order chi connectivity index (χ1) is 10.1. The van der Waals surface area contributed by atoms with Crippen molar-refractivity contribution in [3.8, 4) is 11.4 Å². The number of hydrogen-bond donors (Lipinski definition) is 0.